The molecule has 0 bridgehead atoms. The maximum Gasteiger partial charge on any atom is 0.321 e. The predicted octanol–water partition coefficient (Wildman–Crippen LogP) is 5.40. The number of hydrogen-bond acceptors (Lipinski definition) is 3. The van der Waals surface area contributed by atoms with Gasteiger partial charge in [0.2, 0.25) is 0 Å². The highest BCUT2D eigenvalue weighted by Gasteiger charge is 2.33. The minimum atomic E-state index is -0.325. The second-order valence-corrected chi connectivity index (χ2v) is 8.99. The van der Waals surface area contributed by atoms with E-state index < -0.39 is 0 Å². The van der Waals surface area contributed by atoms with Gasteiger partial charge in [0.05, 0.1) is 11.1 Å². The highest BCUT2D eigenvalue weighted by molar-refractivity contribution is 6.32. The molecule has 1 aliphatic heterocycles. The Morgan fingerprint density at radius 3 is 2.61 bits per heavy atom. The van der Waals surface area contributed by atoms with Crippen LogP contribution in [0.15, 0.2) is 42.5 Å². The average molecular weight is 446 g/mol. The van der Waals surface area contributed by atoms with Gasteiger partial charge in [0.15, 0.2) is 0 Å². The minimum Gasteiger partial charge on any atom is -0.489 e. The lowest BCUT2D eigenvalue weighted by Gasteiger charge is -2.37. The third-order valence-electron chi connectivity index (χ3n) is 6.10. The van der Waals surface area contributed by atoms with Gasteiger partial charge in [-0.2, -0.15) is 0 Å². The third kappa shape index (κ3) is 5.69. The molecule has 2 aliphatic rings. The zero-order valence-electron chi connectivity index (χ0n) is 17.8. The first-order chi connectivity index (χ1) is 15.0. The van der Waals surface area contributed by atoms with Crippen molar-refractivity contribution in [2.75, 3.05) is 32.0 Å². The van der Waals surface area contributed by atoms with E-state index in [2.05, 4.69) is 16.3 Å². The lowest BCUT2D eigenvalue weighted by molar-refractivity contribution is 0.0532. The first-order valence-corrected chi connectivity index (χ1v) is 11.3. The molecule has 4 rings (SSSR count). The Hall–Kier alpha value is -2.31. The topological polar surface area (TPSA) is 44.8 Å². The molecule has 0 unspecified atom stereocenters. The number of likely N-dealkylation sites (tertiary alicyclic amines) is 1. The van der Waals surface area contributed by atoms with Gasteiger partial charge in [-0.05, 0) is 80.6 Å². The summed E-state index contributed by atoms with van der Waals surface area (Å²) in [5.41, 5.74) is 1.70. The molecular formula is C24H29ClFN3O2. The minimum absolute atomic E-state index is 0.123. The monoisotopic (exact) mass is 445 g/mol. The molecule has 2 aromatic rings. The standard InChI is InChI=1S/C24H29ClFN3O2/c1-28(24(30)27-20-9-7-19(26)8-10-20)15-17-13-21(14-17)31-22-6-4-5-18(23(22)25)16-29-11-2-3-12-29/h4-10,17,21H,2-3,11-16H2,1H3,(H,27,30). The molecule has 2 amide bonds. The molecule has 0 radical (unpaired) electrons. The van der Waals surface area contributed by atoms with E-state index in [0.29, 0.717) is 23.2 Å². The van der Waals surface area contributed by atoms with Crippen LogP contribution >= 0.6 is 11.6 Å². The van der Waals surface area contributed by atoms with Crippen molar-refractivity contribution < 1.29 is 13.9 Å². The van der Waals surface area contributed by atoms with Crippen molar-refractivity contribution in [1.29, 1.82) is 0 Å². The quantitative estimate of drug-likeness (QED) is 0.620. The van der Waals surface area contributed by atoms with Crippen LogP contribution in [0.4, 0.5) is 14.9 Å². The Morgan fingerprint density at radius 2 is 1.90 bits per heavy atom. The van der Waals surface area contributed by atoms with Crippen LogP contribution in [0.25, 0.3) is 0 Å². The van der Waals surface area contributed by atoms with Gasteiger partial charge in [0.25, 0.3) is 0 Å². The van der Waals surface area contributed by atoms with E-state index in [1.54, 1.807) is 24.1 Å². The summed E-state index contributed by atoms with van der Waals surface area (Å²) >= 11 is 6.63. The molecule has 0 aromatic heterocycles. The van der Waals surface area contributed by atoms with E-state index in [9.17, 15) is 9.18 Å². The smallest absolute Gasteiger partial charge is 0.321 e. The van der Waals surface area contributed by atoms with Crippen molar-refractivity contribution in [3.63, 3.8) is 0 Å². The fraction of sp³-hybridized carbons (Fsp3) is 0.458. The zero-order chi connectivity index (χ0) is 21.8. The number of nitrogens with zero attached hydrogens (tertiary/aromatic N) is 2. The van der Waals surface area contributed by atoms with Crippen molar-refractivity contribution in [2.24, 2.45) is 5.92 Å². The number of ether oxygens (including phenoxy) is 1. The predicted molar refractivity (Wildman–Crippen MR) is 121 cm³/mol. The van der Waals surface area contributed by atoms with Crippen LogP contribution in [-0.2, 0) is 6.54 Å². The van der Waals surface area contributed by atoms with Crippen LogP contribution in [0.3, 0.4) is 0 Å². The van der Waals surface area contributed by atoms with Crippen molar-refractivity contribution in [2.45, 2.75) is 38.3 Å². The number of rotatable bonds is 7. The van der Waals surface area contributed by atoms with Gasteiger partial charge >= 0.3 is 6.03 Å². The fourth-order valence-electron chi connectivity index (χ4n) is 4.27. The molecule has 1 saturated carbocycles. The number of benzene rings is 2. The summed E-state index contributed by atoms with van der Waals surface area (Å²) in [6.45, 7) is 3.79. The van der Waals surface area contributed by atoms with E-state index in [1.807, 2.05) is 12.1 Å². The van der Waals surface area contributed by atoms with E-state index in [4.69, 9.17) is 16.3 Å². The van der Waals surface area contributed by atoms with Gasteiger partial charge in [0, 0.05) is 25.8 Å². The number of amides is 2. The molecule has 2 fully saturated rings. The first kappa shape index (κ1) is 21.9. The van der Waals surface area contributed by atoms with Crippen molar-refractivity contribution in [3.8, 4) is 5.75 Å². The third-order valence-corrected chi connectivity index (χ3v) is 6.53. The van der Waals surface area contributed by atoms with Crippen LogP contribution in [0.5, 0.6) is 5.75 Å². The van der Waals surface area contributed by atoms with Crippen LogP contribution in [0, 0.1) is 11.7 Å². The zero-order valence-corrected chi connectivity index (χ0v) is 18.6. The van der Waals surface area contributed by atoms with Gasteiger partial charge in [-0.1, -0.05) is 23.7 Å². The van der Waals surface area contributed by atoms with Crippen LogP contribution in [-0.4, -0.2) is 48.6 Å². The SMILES string of the molecule is CN(CC1CC(Oc2cccc(CN3CCCC3)c2Cl)C1)C(=O)Nc1ccc(F)cc1. The summed E-state index contributed by atoms with van der Waals surface area (Å²) in [7, 11) is 1.77. The molecule has 1 N–H and O–H groups in total. The van der Waals surface area contributed by atoms with E-state index in [1.165, 1.54) is 25.0 Å². The van der Waals surface area contributed by atoms with Crippen molar-refractivity contribution >= 4 is 23.3 Å². The fourth-order valence-corrected chi connectivity index (χ4v) is 4.50. The molecule has 2 aromatic carbocycles. The average Bonchev–Trinajstić information content (AvgIpc) is 3.23. The second-order valence-electron chi connectivity index (χ2n) is 8.61. The van der Waals surface area contributed by atoms with Gasteiger partial charge in [0.1, 0.15) is 11.6 Å². The summed E-state index contributed by atoms with van der Waals surface area (Å²) in [6, 6.07) is 11.6. The normalized spacial score (nSPS) is 20.9. The molecular weight excluding hydrogens is 417 g/mol. The molecule has 5 nitrogen and oxygen atoms in total. The lowest BCUT2D eigenvalue weighted by Crippen LogP contribution is -2.43. The molecule has 0 atom stereocenters. The van der Waals surface area contributed by atoms with Gasteiger partial charge in [-0.3, -0.25) is 4.90 Å². The second kappa shape index (κ2) is 9.88. The number of nitrogens with one attached hydrogen (secondary N) is 1. The Bertz CT molecular complexity index is 896. The van der Waals surface area contributed by atoms with E-state index in [-0.39, 0.29) is 18.0 Å². The van der Waals surface area contributed by atoms with Crippen LogP contribution in [0.2, 0.25) is 5.02 Å². The molecule has 166 valence electrons. The van der Waals surface area contributed by atoms with Crippen molar-refractivity contribution in [1.82, 2.24) is 9.80 Å². The van der Waals surface area contributed by atoms with Crippen molar-refractivity contribution in [3.05, 3.63) is 58.9 Å². The molecule has 0 spiro atoms. The van der Waals surface area contributed by atoms with E-state index >= 15 is 0 Å². The molecule has 7 heteroatoms. The summed E-state index contributed by atoms with van der Waals surface area (Å²) in [5.74, 6) is 0.818. The maximum absolute atomic E-state index is 13.0. The Morgan fingerprint density at radius 1 is 1.19 bits per heavy atom. The molecule has 1 aliphatic carbocycles. The maximum atomic E-state index is 13.0. The number of hydrogen-bond donors (Lipinski definition) is 1. The summed E-state index contributed by atoms with van der Waals surface area (Å²) in [5, 5.41) is 3.50. The van der Waals surface area contributed by atoms with Gasteiger partial charge < -0.3 is 15.0 Å². The molecule has 1 heterocycles. The first-order valence-electron chi connectivity index (χ1n) is 10.9. The Kier molecular flexibility index (Phi) is 6.98. The highest BCUT2D eigenvalue weighted by Crippen LogP contribution is 2.36. The Labute approximate surface area is 188 Å². The Balaban J connectivity index is 1.23. The lowest BCUT2D eigenvalue weighted by atomic mass is 9.82. The molecule has 1 saturated heterocycles. The number of urea groups is 1. The van der Waals surface area contributed by atoms with Gasteiger partial charge in [-0.15, -0.1) is 0 Å². The summed E-state index contributed by atoms with van der Waals surface area (Å²) < 4.78 is 19.2. The van der Waals surface area contributed by atoms with Gasteiger partial charge in [-0.25, -0.2) is 9.18 Å². The molecule has 31 heavy (non-hydrogen) atoms. The highest BCUT2D eigenvalue weighted by atomic mass is 35.5. The van der Waals surface area contributed by atoms with E-state index in [0.717, 1.165) is 43.8 Å². The summed E-state index contributed by atoms with van der Waals surface area (Å²) in [6.07, 6.45) is 4.42. The number of halogens is 2. The number of carbonyl (C=O) groups is 1. The summed E-state index contributed by atoms with van der Waals surface area (Å²) in [4.78, 5) is 16.4. The van der Waals surface area contributed by atoms with Crippen LogP contribution < -0.4 is 10.1 Å². The van der Waals surface area contributed by atoms with Crippen LogP contribution in [0.1, 0.15) is 31.2 Å². The number of anilines is 1. The number of carbonyl (C=O) groups excluding carboxylic acids is 1. The largest absolute Gasteiger partial charge is 0.489 e.